The minimum Gasteiger partial charge on any atom is -0.379 e. The first-order chi connectivity index (χ1) is 16.0. The van der Waals surface area contributed by atoms with Crippen molar-refractivity contribution in [2.24, 2.45) is 0 Å². The molecule has 0 spiro atoms. The number of thiophene rings is 1. The zero-order valence-corrected chi connectivity index (χ0v) is 20.3. The number of ether oxygens (including phenoxy) is 1. The normalized spacial score (nSPS) is 18.1. The number of hydrogen-bond donors (Lipinski definition) is 0. The fourth-order valence-electron chi connectivity index (χ4n) is 4.85. The van der Waals surface area contributed by atoms with E-state index in [0.717, 1.165) is 69.2 Å². The highest BCUT2D eigenvalue weighted by atomic mass is 32.1. The highest BCUT2D eigenvalue weighted by Gasteiger charge is 2.29. The molecular weight excluding hydrogens is 436 g/mol. The van der Waals surface area contributed by atoms with E-state index in [1.807, 2.05) is 17.9 Å². The molecule has 174 valence electrons. The Morgan fingerprint density at radius 1 is 1.12 bits per heavy atom. The summed E-state index contributed by atoms with van der Waals surface area (Å²) in [5.41, 5.74) is 3.38. The molecule has 0 N–H and O–H groups in total. The van der Waals surface area contributed by atoms with Gasteiger partial charge in [0.05, 0.1) is 36.4 Å². The number of carbonyl (C=O) groups is 1. The van der Waals surface area contributed by atoms with E-state index in [-0.39, 0.29) is 5.91 Å². The summed E-state index contributed by atoms with van der Waals surface area (Å²) in [7, 11) is 0. The lowest BCUT2D eigenvalue weighted by Gasteiger charge is -2.40. The van der Waals surface area contributed by atoms with Crippen molar-refractivity contribution in [3.63, 3.8) is 0 Å². The minimum absolute atomic E-state index is 0.0413. The average Bonchev–Trinajstić information content (AvgIpc) is 3.40. The monoisotopic (exact) mass is 466 g/mol. The van der Waals surface area contributed by atoms with Crippen molar-refractivity contribution in [2.75, 3.05) is 39.4 Å². The number of rotatable bonds is 4. The molecule has 5 heterocycles. The number of likely N-dealkylation sites (tertiary alicyclic amines) is 1. The van der Waals surface area contributed by atoms with Gasteiger partial charge >= 0.3 is 0 Å². The standard InChI is InChI=1S/C24H30N6O2S/c1-16-14-20(18(3)33-16)22-4-7-25-24(27-22)30-17(2)21(15-26-30)23(31)29-8-5-19(6-9-29)28-10-12-32-13-11-28/h4,7,14-15,19H,5-6,8-13H2,1-3H3. The molecule has 0 radical (unpaired) electrons. The summed E-state index contributed by atoms with van der Waals surface area (Å²) in [6, 6.07) is 4.61. The Morgan fingerprint density at radius 3 is 2.58 bits per heavy atom. The number of aromatic nitrogens is 4. The van der Waals surface area contributed by atoms with E-state index in [0.29, 0.717) is 17.6 Å². The molecule has 9 heteroatoms. The van der Waals surface area contributed by atoms with Crippen LogP contribution >= 0.6 is 11.3 Å². The number of aryl methyl sites for hydroxylation is 2. The lowest BCUT2D eigenvalue weighted by atomic mass is 10.0. The number of morpholine rings is 1. The van der Waals surface area contributed by atoms with E-state index in [2.05, 4.69) is 34.9 Å². The molecule has 0 bridgehead atoms. The van der Waals surface area contributed by atoms with Gasteiger partial charge in [0.15, 0.2) is 0 Å². The second-order valence-electron chi connectivity index (χ2n) is 8.80. The zero-order valence-electron chi connectivity index (χ0n) is 19.5. The van der Waals surface area contributed by atoms with E-state index in [1.54, 1.807) is 28.4 Å². The molecular formula is C24H30N6O2S. The molecule has 33 heavy (non-hydrogen) atoms. The topological polar surface area (TPSA) is 76.4 Å². The van der Waals surface area contributed by atoms with Crippen LogP contribution in [0.25, 0.3) is 17.2 Å². The maximum Gasteiger partial charge on any atom is 0.257 e. The first kappa shape index (κ1) is 22.2. The van der Waals surface area contributed by atoms with Crippen LogP contribution in [-0.4, -0.2) is 80.9 Å². The fourth-order valence-corrected chi connectivity index (χ4v) is 5.79. The highest BCUT2D eigenvalue weighted by molar-refractivity contribution is 7.12. The Morgan fingerprint density at radius 2 is 1.88 bits per heavy atom. The van der Waals surface area contributed by atoms with Crippen molar-refractivity contribution in [3.05, 3.63) is 45.5 Å². The summed E-state index contributed by atoms with van der Waals surface area (Å²) in [4.78, 5) is 29.4. The van der Waals surface area contributed by atoms with Crippen molar-refractivity contribution < 1.29 is 9.53 Å². The van der Waals surface area contributed by atoms with E-state index in [4.69, 9.17) is 9.72 Å². The van der Waals surface area contributed by atoms with Crippen LogP contribution in [0, 0.1) is 20.8 Å². The van der Waals surface area contributed by atoms with Crippen molar-refractivity contribution >= 4 is 17.2 Å². The predicted octanol–water partition coefficient (Wildman–Crippen LogP) is 3.25. The molecule has 2 fully saturated rings. The summed E-state index contributed by atoms with van der Waals surface area (Å²) in [5, 5.41) is 4.48. The Kier molecular flexibility index (Phi) is 6.27. The van der Waals surface area contributed by atoms with Gasteiger partial charge in [-0.1, -0.05) is 0 Å². The minimum atomic E-state index is 0.0413. The van der Waals surface area contributed by atoms with Gasteiger partial charge in [-0.25, -0.2) is 14.6 Å². The number of piperidine rings is 1. The van der Waals surface area contributed by atoms with Crippen LogP contribution in [0.4, 0.5) is 0 Å². The van der Waals surface area contributed by atoms with Crippen molar-refractivity contribution in [2.45, 2.75) is 39.7 Å². The van der Waals surface area contributed by atoms with E-state index >= 15 is 0 Å². The molecule has 3 aromatic heterocycles. The van der Waals surface area contributed by atoms with Gasteiger partial charge in [0, 0.05) is 53.7 Å². The molecule has 0 aliphatic carbocycles. The lowest BCUT2D eigenvalue weighted by molar-refractivity contribution is 0.00158. The molecule has 0 aromatic carbocycles. The average molecular weight is 467 g/mol. The van der Waals surface area contributed by atoms with Crippen LogP contribution in [-0.2, 0) is 4.74 Å². The third-order valence-corrected chi connectivity index (χ3v) is 7.67. The number of nitrogens with zero attached hydrogens (tertiary/aromatic N) is 6. The number of hydrogen-bond acceptors (Lipinski definition) is 7. The number of carbonyl (C=O) groups excluding carboxylic acids is 1. The molecule has 1 amide bonds. The van der Waals surface area contributed by atoms with Crippen molar-refractivity contribution in [1.82, 2.24) is 29.5 Å². The molecule has 5 rings (SSSR count). The Labute approximate surface area is 198 Å². The fraction of sp³-hybridized carbons (Fsp3) is 0.500. The Bertz CT molecular complexity index is 1140. The summed E-state index contributed by atoms with van der Waals surface area (Å²) >= 11 is 1.76. The van der Waals surface area contributed by atoms with Crippen LogP contribution in [0.5, 0.6) is 0 Å². The first-order valence-electron chi connectivity index (χ1n) is 11.6. The quantitative estimate of drug-likeness (QED) is 0.588. The summed E-state index contributed by atoms with van der Waals surface area (Å²) in [6.07, 6.45) is 5.41. The van der Waals surface area contributed by atoms with Gasteiger partial charge in [0.1, 0.15) is 0 Å². The van der Waals surface area contributed by atoms with Gasteiger partial charge in [-0.3, -0.25) is 9.69 Å². The summed E-state index contributed by atoms with van der Waals surface area (Å²) < 4.78 is 7.15. The number of amides is 1. The third kappa shape index (κ3) is 4.45. The van der Waals surface area contributed by atoms with Gasteiger partial charge in [-0.2, -0.15) is 5.10 Å². The smallest absolute Gasteiger partial charge is 0.257 e. The largest absolute Gasteiger partial charge is 0.379 e. The van der Waals surface area contributed by atoms with E-state index in [1.165, 1.54) is 9.75 Å². The molecule has 0 unspecified atom stereocenters. The summed E-state index contributed by atoms with van der Waals surface area (Å²) in [5.74, 6) is 0.526. The van der Waals surface area contributed by atoms with Gasteiger partial charge in [-0.05, 0) is 45.7 Å². The van der Waals surface area contributed by atoms with Gasteiger partial charge in [-0.15, -0.1) is 11.3 Å². The molecule has 0 atom stereocenters. The maximum absolute atomic E-state index is 13.3. The Balaban J connectivity index is 1.31. The lowest BCUT2D eigenvalue weighted by Crippen LogP contribution is -2.50. The van der Waals surface area contributed by atoms with Crippen molar-refractivity contribution in [1.29, 1.82) is 0 Å². The molecule has 2 aliphatic rings. The van der Waals surface area contributed by atoms with Crippen LogP contribution in [0.1, 0.15) is 38.6 Å². The van der Waals surface area contributed by atoms with Crippen LogP contribution in [0.15, 0.2) is 24.5 Å². The molecule has 8 nitrogen and oxygen atoms in total. The molecule has 2 saturated heterocycles. The van der Waals surface area contributed by atoms with E-state index < -0.39 is 0 Å². The third-order valence-electron chi connectivity index (χ3n) is 6.70. The second kappa shape index (κ2) is 9.32. The SMILES string of the molecule is Cc1cc(-c2ccnc(-n3ncc(C(=O)N4CCC(N5CCOCC5)CC4)c3C)n2)c(C)s1. The molecule has 0 saturated carbocycles. The Hall–Kier alpha value is -2.62. The molecule has 2 aliphatic heterocycles. The van der Waals surface area contributed by atoms with Crippen LogP contribution in [0.2, 0.25) is 0 Å². The first-order valence-corrected chi connectivity index (χ1v) is 12.4. The molecule has 3 aromatic rings. The van der Waals surface area contributed by atoms with Crippen LogP contribution < -0.4 is 0 Å². The summed E-state index contributed by atoms with van der Waals surface area (Å²) in [6.45, 7) is 11.3. The second-order valence-corrected chi connectivity index (χ2v) is 10.3. The van der Waals surface area contributed by atoms with E-state index in [9.17, 15) is 4.79 Å². The highest BCUT2D eigenvalue weighted by Crippen LogP contribution is 2.29. The van der Waals surface area contributed by atoms with Gasteiger partial charge < -0.3 is 9.64 Å². The zero-order chi connectivity index (χ0) is 22.9. The maximum atomic E-state index is 13.3. The predicted molar refractivity (Wildman–Crippen MR) is 128 cm³/mol. The van der Waals surface area contributed by atoms with Crippen LogP contribution in [0.3, 0.4) is 0 Å². The van der Waals surface area contributed by atoms with Crippen molar-refractivity contribution in [3.8, 4) is 17.2 Å². The van der Waals surface area contributed by atoms with Gasteiger partial charge in [0.2, 0.25) is 0 Å². The van der Waals surface area contributed by atoms with Gasteiger partial charge in [0.25, 0.3) is 11.9 Å².